The van der Waals surface area contributed by atoms with Crippen LogP contribution in [0.25, 0.3) is 5.69 Å². The third-order valence-corrected chi connectivity index (χ3v) is 7.26. The van der Waals surface area contributed by atoms with Crippen LogP contribution in [0.4, 0.5) is 5.69 Å². The maximum absolute atomic E-state index is 12.7. The van der Waals surface area contributed by atoms with E-state index in [0.29, 0.717) is 11.3 Å². The number of aryl methyl sites for hydroxylation is 2. The SMILES string of the molecule is Cc1ccc(CN(c2ccc(C(=O)N/N=C\c3cc(C)n(-c4ccccc4)c3C)cc2)S(C)(=O)=O)cc1. The van der Waals surface area contributed by atoms with Crippen molar-refractivity contribution < 1.29 is 13.2 Å². The molecule has 3 aromatic carbocycles. The zero-order valence-electron chi connectivity index (χ0n) is 21.3. The van der Waals surface area contributed by atoms with E-state index < -0.39 is 10.0 Å². The number of para-hydroxylation sites is 1. The largest absolute Gasteiger partial charge is 0.318 e. The number of hydrazone groups is 1. The van der Waals surface area contributed by atoms with Gasteiger partial charge in [0.25, 0.3) is 5.91 Å². The molecule has 0 radical (unpaired) electrons. The Morgan fingerprint density at radius 1 is 0.946 bits per heavy atom. The van der Waals surface area contributed by atoms with Gasteiger partial charge in [-0.15, -0.1) is 0 Å². The van der Waals surface area contributed by atoms with Crippen molar-refractivity contribution >= 4 is 27.8 Å². The first kappa shape index (κ1) is 25.9. The number of rotatable bonds is 8. The molecule has 4 rings (SSSR count). The fourth-order valence-corrected chi connectivity index (χ4v) is 5.04. The van der Waals surface area contributed by atoms with Crippen LogP contribution in [0.3, 0.4) is 0 Å². The topological polar surface area (TPSA) is 83.8 Å². The van der Waals surface area contributed by atoms with Gasteiger partial charge in [-0.3, -0.25) is 9.10 Å². The monoisotopic (exact) mass is 514 g/mol. The summed E-state index contributed by atoms with van der Waals surface area (Å²) in [6, 6.07) is 26.2. The summed E-state index contributed by atoms with van der Waals surface area (Å²) in [6.07, 6.45) is 2.80. The van der Waals surface area contributed by atoms with E-state index in [1.165, 1.54) is 10.6 Å². The Morgan fingerprint density at radius 2 is 1.59 bits per heavy atom. The zero-order chi connectivity index (χ0) is 26.6. The fourth-order valence-electron chi connectivity index (χ4n) is 4.16. The Labute approximate surface area is 218 Å². The first-order valence-electron chi connectivity index (χ1n) is 11.8. The van der Waals surface area contributed by atoms with Crippen LogP contribution < -0.4 is 9.73 Å². The molecule has 37 heavy (non-hydrogen) atoms. The van der Waals surface area contributed by atoms with Gasteiger partial charge in [0.2, 0.25) is 10.0 Å². The van der Waals surface area contributed by atoms with Crippen molar-refractivity contribution in [2.24, 2.45) is 5.10 Å². The molecule has 1 N–H and O–H groups in total. The Bertz CT molecular complexity index is 1520. The van der Waals surface area contributed by atoms with E-state index in [4.69, 9.17) is 0 Å². The second kappa shape index (κ2) is 10.8. The Hall–Kier alpha value is -4.17. The Morgan fingerprint density at radius 3 is 2.22 bits per heavy atom. The molecule has 0 spiro atoms. The van der Waals surface area contributed by atoms with Crippen molar-refractivity contribution in [2.45, 2.75) is 27.3 Å². The molecule has 0 saturated carbocycles. The summed E-state index contributed by atoms with van der Waals surface area (Å²) in [6.45, 7) is 6.22. The maximum Gasteiger partial charge on any atom is 0.271 e. The summed E-state index contributed by atoms with van der Waals surface area (Å²) in [4.78, 5) is 12.7. The van der Waals surface area contributed by atoms with Crippen LogP contribution in [0.1, 0.15) is 38.4 Å². The molecule has 0 aliphatic rings. The van der Waals surface area contributed by atoms with Crippen molar-refractivity contribution in [1.29, 1.82) is 0 Å². The minimum atomic E-state index is -3.52. The average molecular weight is 515 g/mol. The number of aromatic nitrogens is 1. The summed E-state index contributed by atoms with van der Waals surface area (Å²) in [5.41, 5.74) is 9.43. The van der Waals surface area contributed by atoms with Crippen molar-refractivity contribution in [3.63, 3.8) is 0 Å². The molecule has 0 aliphatic heterocycles. The fraction of sp³-hybridized carbons (Fsp3) is 0.172. The molecule has 190 valence electrons. The van der Waals surface area contributed by atoms with E-state index in [1.54, 1.807) is 30.5 Å². The number of benzene rings is 3. The van der Waals surface area contributed by atoms with E-state index in [9.17, 15) is 13.2 Å². The third kappa shape index (κ3) is 6.16. The van der Waals surface area contributed by atoms with E-state index in [-0.39, 0.29) is 12.5 Å². The second-order valence-corrected chi connectivity index (χ2v) is 10.9. The van der Waals surface area contributed by atoms with Crippen LogP contribution in [0.5, 0.6) is 0 Å². The van der Waals surface area contributed by atoms with Crippen LogP contribution in [0.2, 0.25) is 0 Å². The van der Waals surface area contributed by atoms with Gasteiger partial charge in [-0.25, -0.2) is 13.8 Å². The molecule has 0 saturated heterocycles. The molecule has 0 bridgehead atoms. The molecule has 1 heterocycles. The zero-order valence-corrected chi connectivity index (χ0v) is 22.2. The highest BCUT2D eigenvalue weighted by molar-refractivity contribution is 7.92. The highest BCUT2D eigenvalue weighted by Crippen LogP contribution is 2.22. The highest BCUT2D eigenvalue weighted by atomic mass is 32.2. The number of nitrogens with one attached hydrogen (secondary N) is 1. The molecule has 8 heteroatoms. The highest BCUT2D eigenvalue weighted by Gasteiger charge is 2.18. The van der Waals surface area contributed by atoms with Gasteiger partial charge >= 0.3 is 0 Å². The lowest BCUT2D eigenvalue weighted by molar-refractivity contribution is 0.0955. The predicted molar refractivity (Wildman–Crippen MR) is 149 cm³/mol. The lowest BCUT2D eigenvalue weighted by atomic mass is 10.1. The van der Waals surface area contributed by atoms with Crippen molar-refractivity contribution in [3.05, 3.63) is 119 Å². The lowest BCUT2D eigenvalue weighted by Gasteiger charge is -2.22. The average Bonchev–Trinajstić information content (AvgIpc) is 3.16. The maximum atomic E-state index is 12.7. The minimum absolute atomic E-state index is 0.205. The summed E-state index contributed by atoms with van der Waals surface area (Å²) < 4.78 is 28.4. The van der Waals surface area contributed by atoms with Crippen molar-refractivity contribution in [1.82, 2.24) is 9.99 Å². The van der Waals surface area contributed by atoms with Crippen LogP contribution in [0.15, 0.2) is 90.0 Å². The number of anilines is 1. The van der Waals surface area contributed by atoms with E-state index >= 15 is 0 Å². The number of hydrogen-bond acceptors (Lipinski definition) is 4. The third-order valence-electron chi connectivity index (χ3n) is 6.12. The first-order valence-corrected chi connectivity index (χ1v) is 13.7. The summed E-state index contributed by atoms with van der Waals surface area (Å²) >= 11 is 0. The molecule has 7 nitrogen and oxygen atoms in total. The van der Waals surface area contributed by atoms with Gasteiger partial charge in [0.15, 0.2) is 0 Å². The van der Waals surface area contributed by atoms with Gasteiger partial charge in [0, 0.05) is 28.2 Å². The number of nitrogens with zero attached hydrogens (tertiary/aromatic N) is 3. The van der Waals surface area contributed by atoms with Crippen LogP contribution in [-0.2, 0) is 16.6 Å². The molecule has 1 aromatic heterocycles. The number of carbonyl (C=O) groups excluding carboxylic acids is 1. The molecule has 4 aromatic rings. The molecule has 0 aliphatic carbocycles. The summed E-state index contributed by atoms with van der Waals surface area (Å²) in [5, 5.41) is 4.14. The predicted octanol–water partition coefficient (Wildman–Crippen LogP) is 5.13. The standard InChI is InChI=1S/C29H30N4O3S/c1-21-10-12-24(13-11-21)20-32(37(4,35)36)27-16-14-25(15-17-27)29(34)31-30-19-26-18-22(2)33(23(26)3)28-8-6-5-7-9-28/h5-19H,20H2,1-4H3,(H,31,34)/b30-19-. The molecule has 0 atom stereocenters. The van der Waals surface area contributed by atoms with Crippen LogP contribution in [0, 0.1) is 20.8 Å². The van der Waals surface area contributed by atoms with Gasteiger partial charge in [0.1, 0.15) is 0 Å². The second-order valence-electron chi connectivity index (χ2n) is 9.00. The van der Waals surface area contributed by atoms with Crippen LogP contribution in [-0.4, -0.2) is 31.4 Å². The summed E-state index contributed by atoms with van der Waals surface area (Å²) in [5.74, 6) is -0.385. The Kier molecular flexibility index (Phi) is 7.59. The van der Waals surface area contributed by atoms with Crippen molar-refractivity contribution in [3.8, 4) is 5.69 Å². The molecule has 0 fully saturated rings. The van der Waals surface area contributed by atoms with Gasteiger partial charge in [-0.05, 0) is 68.8 Å². The van der Waals surface area contributed by atoms with E-state index in [2.05, 4.69) is 15.1 Å². The van der Waals surface area contributed by atoms with Gasteiger partial charge < -0.3 is 4.57 Å². The molecule has 0 unspecified atom stereocenters. The summed E-state index contributed by atoms with van der Waals surface area (Å²) in [7, 11) is -3.52. The Balaban J connectivity index is 1.46. The number of hydrogen-bond donors (Lipinski definition) is 1. The number of sulfonamides is 1. The smallest absolute Gasteiger partial charge is 0.271 e. The number of carbonyl (C=O) groups is 1. The van der Waals surface area contributed by atoms with Gasteiger partial charge in [0.05, 0.1) is 24.7 Å². The van der Waals surface area contributed by atoms with E-state index in [0.717, 1.165) is 33.8 Å². The lowest BCUT2D eigenvalue weighted by Crippen LogP contribution is -2.29. The van der Waals surface area contributed by atoms with E-state index in [1.807, 2.05) is 81.4 Å². The van der Waals surface area contributed by atoms with Gasteiger partial charge in [-0.2, -0.15) is 5.10 Å². The number of amides is 1. The minimum Gasteiger partial charge on any atom is -0.318 e. The normalized spacial score (nSPS) is 11.6. The molecular weight excluding hydrogens is 484 g/mol. The quantitative estimate of drug-likeness (QED) is 0.261. The van der Waals surface area contributed by atoms with Crippen molar-refractivity contribution in [2.75, 3.05) is 10.6 Å². The van der Waals surface area contributed by atoms with Crippen LogP contribution >= 0.6 is 0 Å². The first-order chi connectivity index (χ1) is 17.6. The molecular formula is C29H30N4O3S. The molecule has 1 amide bonds. The van der Waals surface area contributed by atoms with Gasteiger partial charge in [-0.1, -0.05) is 48.0 Å².